The van der Waals surface area contributed by atoms with E-state index in [1.807, 2.05) is 20.8 Å². The second-order valence-corrected chi connectivity index (χ2v) is 4.19. The molecular formula is C11H17N3O2. The Morgan fingerprint density at radius 1 is 1.56 bits per heavy atom. The summed E-state index contributed by atoms with van der Waals surface area (Å²) in [6.45, 7) is 5.80. The van der Waals surface area contributed by atoms with Crippen LogP contribution in [0.5, 0.6) is 0 Å². The van der Waals surface area contributed by atoms with Crippen molar-refractivity contribution in [2.45, 2.75) is 33.2 Å². The summed E-state index contributed by atoms with van der Waals surface area (Å²) in [7, 11) is 0. The maximum Gasteiger partial charge on any atom is 0.326 e. The van der Waals surface area contributed by atoms with E-state index >= 15 is 0 Å². The Labute approximate surface area is 94.9 Å². The van der Waals surface area contributed by atoms with Crippen LogP contribution in [0.4, 0.5) is 5.95 Å². The number of aryl methyl sites for hydroxylation is 1. The van der Waals surface area contributed by atoms with E-state index in [0.29, 0.717) is 18.3 Å². The van der Waals surface area contributed by atoms with Gasteiger partial charge in [-0.1, -0.05) is 13.8 Å². The Bertz CT molecular complexity index is 366. The molecule has 0 fully saturated rings. The topological polar surface area (TPSA) is 75.1 Å². The molecular weight excluding hydrogens is 206 g/mol. The molecule has 0 aliphatic carbocycles. The number of hydrogen-bond donors (Lipinski definition) is 2. The van der Waals surface area contributed by atoms with Gasteiger partial charge in [0.15, 0.2) is 0 Å². The minimum absolute atomic E-state index is 0.304. The summed E-state index contributed by atoms with van der Waals surface area (Å²) in [4.78, 5) is 19.1. The van der Waals surface area contributed by atoms with Crippen LogP contribution in [0.25, 0.3) is 0 Å². The number of hydrogen-bond acceptors (Lipinski definition) is 4. The molecule has 0 amide bonds. The zero-order chi connectivity index (χ0) is 12.1. The normalized spacial score (nSPS) is 12.5. The van der Waals surface area contributed by atoms with Crippen molar-refractivity contribution >= 4 is 11.9 Å². The fourth-order valence-corrected chi connectivity index (χ4v) is 1.37. The maximum atomic E-state index is 11.0. The molecule has 16 heavy (non-hydrogen) atoms. The Hall–Kier alpha value is -1.65. The number of nitrogens with one attached hydrogen (secondary N) is 1. The monoisotopic (exact) mass is 223 g/mol. The maximum absolute atomic E-state index is 11.0. The van der Waals surface area contributed by atoms with Gasteiger partial charge in [0.25, 0.3) is 0 Å². The van der Waals surface area contributed by atoms with Crippen LogP contribution in [0.15, 0.2) is 12.3 Å². The van der Waals surface area contributed by atoms with Crippen molar-refractivity contribution in [2.75, 3.05) is 5.32 Å². The number of rotatable bonds is 5. The lowest BCUT2D eigenvalue weighted by Crippen LogP contribution is -2.31. The highest BCUT2D eigenvalue weighted by molar-refractivity contribution is 5.76. The number of aromatic nitrogens is 2. The van der Waals surface area contributed by atoms with Crippen LogP contribution in [0.2, 0.25) is 0 Å². The van der Waals surface area contributed by atoms with Gasteiger partial charge >= 0.3 is 5.97 Å². The Balaban J connectivity index is 2.71. The molecule has 0 aliphatic heterocycles. The van der Waals surface area contributed by atoms with Crippen LogP contribution in [0.1, 0.15) is 26.0 Å². The number of carbonyl (C=O) groups is 1. The van der Waals surface area contributed by atoms with Crippen LogP contribution in [0, 0.1) is 12.8 Å². The van der Waals surface area contributed by atoms with Crippen molar-refractivity contribution in [2.24, 2.45) is 5.92 Å². The molecule has 1 rings (SSSR count). The first-order valence-electron chi connectivity index (χ1n) is 5.28. The highest BCUT2D eigenvalue weighted by atomic mass is 16.4. The highest BCUT2D eigenvalue weighted by Crippen LogP contribution is 2.10. The van der Waals surface area contributed by atoms with Crippen LogP contribution in [-0.2, 0) is 4.79 Å². The minimum atomic E-state index is -0.876. The molecule has 1 heterocycles. The summed E-state index contributed by atoms with van der Waals surface area (Å²) in [6, 6.07) is 1.13. The van der Waals surface area contributed by atoms with Crippen molar-refractivity contribution < 1.29 is 9.90 Å². The summed E-state index contributed by atoms with van der Waals surface area (Å²) in [5, 5.41) is 11.9. The molecule has 0 aromatic carbocycles. The van der Waals surface area contributed by atoms with Gasteiger partial charge in [0.1, 0.15) is 6.04 Å². The number of nitrogens with zero attached hydrogens (tertiary/aromatic N) is 2. The van der Waals surface area contributed by atoms with Gasteiger partial charge in [-0.2, -0.15) is 0 Å². The van der Waals surface area contributed by atoms with Gasteiger partial charge in [0, 0.05) is 11.9 Å². The largest absolute Gasteiger partial charge is 0.480 e. The van der Waals surface area contributed by atoms with E-state index in [0.717, 1.165) is 5.69 Å². The molecule has 0 unspecified atom stereocenters. The van der Waals surface area contributed by atoms with Gasteiger partial charge in [-0.25, -0.2) is 14.8 Å². The zero-order valence-electron chi connectivity index (χ0n) is 9.77. The third kappa shape index (κ3) is 3.84. The molecule has 88 valence electrons. The molecule has 0 saturated heterocycles. The van der Waals surface area contributed by atoms with Crippen LogP contribution >= 0.6 is 0 Å². The molecule has 1 atom stereocenters. The van der Waals surface area contributed by atoms with E-state index in [9.17, 15) is 4.79 Å². The van der Waals surface area contributed by atoms with Crippen LogP contribution in [0.3, 0.4) is 0 Å². The molecule has 0 spiro atoms. The van der Waals surface area contributed by atoms with E-state index in [1.54, 1.807) is 12.3 Å². The van der Waals surface area contributed by atoms with Crippen molar-refractivity contribution in [3.05, 3.63) is 18.0 Å². The SMILES string of the molecule is Cc1ccnc(N[C@H](CC(C)C)C(=O)O)n1. The lowest BCUT2D eigenvalue weighted by molar-refractivity contribution is -0.138. The lowest BCUT2D eigenvalue weighted by atomic mass is 10.0. The molecule has 5 heteroatoms. The summed E-state index contributed by atoms with van der Waals surface area (Å²) in [5.74, 6) is -0.203. The van der Waals surface area contributed by atoms with Gasteiger partial charge < -0.3 is 10.4 Å². The van der Waals surface area contributed by atoms with E-state index < -0.39 is 12.0 Å². The molecule has 2 N–H and O–H groups in total. The average molecular weight is 223 g/mol. The van der Waals surface area contributed by atoms with E-state index in [-0.39, 0.29) is 0 Å². The predicted octanol–water partition coefficient (Wildman–Crippen LogP) is 1.70. The fraction of sp³-hybridized carbons (Fsp3) is 0.545. The predicted molar refractivity (Wildman–Crippen MR) is 61.3 cm³/mol. The lowest BCUT2D eigenvalue weighted by Gasteiger charge is -2.16. The van der Waals surface area contributed by atoms with Gasteiger partial charge in [-0.3, -0.25) is 0 Å². The third-order valence-electron chi connectivity index (χ3n) is 2.10. The molecule has 0 aliphatic rings. The summed E-state index contributed by atoms with van der Waals surface area (Å²) in [6.07, 6.45) is 2.16. The van der Waals surface area contributed by atoms with Crippen molar-refractivity contribution in [1.82, 2.24) is 9.97 Å². The van der Waals surface area contributed by atoms with E-state index in [2.05, 4.69) is 15.3 Å². The van der Waals surface area contributed by atoms with Gasteiger partial charge in [-0.05, 0) is 25.3 Å². The molecule has 0 saturated carbocycles. The Morgan fingerprint density at radius 3 is 2.75 bits per heavy atom. The average Bonchev–Trinajstić information content (AvgIpc) is 2.15. The third-order valence-corrected chi connectivity index (χ3v) is 2.10. The number of anilines is 1. The van der Waals surface area contributed by atoms with E-state index in [4.69, 9.17) is 5.11 Å². The molecule has 5 nitrogen and oxygen atoms in total. The summed E-state index contributed by atoms with van der Waals surface area (Å²) in [5.41, 5.74) is 0.811. The molecule has 1 aromatic rings. The molecule has 0 bridgehead atoms. The Kier molecular flexibility index (Phi) is 4.22. The van der Waals surface area contributed by atoms with Gasteiger partial charge in [0.2, 0.25) is 5.95 Å². The first kappa shape index (κ1) is 12.4. The minimum Gasteiger partial charge on any atom is -0.480 e. The quantitative estimate of drug-likeness (QED) is 0.794. The summed E-state index contributed by atoms with van der Waals surface area (Å²) < 4.78 is 0. The second-order valence-electron chi connectivity index (χ2n) is 4.19. The second kappa shape index (κ2) is 5.44. The Morgan fingerprint density at radius 2 is 2.25 bits per heavy atom. The number of carboxylic acids is 1. The van der Waals surface area contributed by atoms with Gasteiger partial charge in [0.05, 0.1) is 0 Å². The number of carboxylic acid groups (broad SMARTS) is 1. The first-order chi connectivity index (χ1) is 7.49. The molecule has 1 aromatic heterocycles. The summed E-state index contributed by atoms with van der Waals surface area (Å²) >= 11 is 0. The zero-order valence-corrected chi connectivity index (χ0v) is 9.77. The number of aliphatic carboxylic acids is 1. The molecule has 0 radical (unpaired) electrons. The van der Waals surface area contributed by atoms with Crippen LogP contribution < -0.4 is 5.32 Å². The van der Waals surface area contributed by atoms with E-state index in [1.165, 1.54) is 0 Å². The standard InChI is InChI=1S/C11H17N3O2/c1-7(2)6-9(10(15)16)14-11-12-5-4-8(3)13-11/h4-5,7,9H,6H2,1-3H3,(H,15,16)(H,12,13,14)/t9-/m1/s1. The fourth-order valence-electron chi connectivity index (χ4n) is 1.37. The van der Waals surface area contributed by atoms with Crippen molar-refractivity contribution in [1.29, 1.82) is 0 Å². The smallest absolute Gasteiger partial charge is 0.326 e. The van der Waals surface area contributed by atoms with Gasteiger partial charge in [-0.15, -0.1) is 0 Å². The van der Waals surface area contributed by atoms with Crippen LogP contribution in [-0.4, -0.2) is 27.1 Å². The van der Waals surface area contributed by atoms with Crippen molar-refractivity contribution in [3.8, 4) is 0 Å². The highest BCUT2D eigenvalue weighted by Gasteiger charge is 2.19. The van der Waals surface area contributed by atoms with Crippen molar-refractivity contribution in [3.63, 3.8) is 0 Å². The first-order valence-corrected chi connectivity index (χ1v) is 5.28.